The molecule has 0 aliphatic heterocycles. The lowest BCUT2D eigenvalue weighted by molar-refractivity contribution is -0.147. The molecule has 0 aliphatic carbocycles. The predicted molar refractivity (Wildman–Crippen MR) is 79.7 cm³/mol. The fourth-order valence-electron chi connectivity index (χ4n) is 1.98. The van der Waals surface area contributed by atoms with Crippen LogP contribution in [0.3, 0.4) is 0 Å². The first-order chi connectivity index (χ1) is 9.45. The number of nitrogens with one attached hydrogen (secondary N) is 1. The zero-order chi connectivity index (χ0) is 14.8. The molecule has 0 saturated carbocycles. The van der Waals surface area contributed by atoms with Crippen LogP contribution in [0.1, 0.15) is 19.4 Å². The van der Waals surface area contributed by atoms with Crippen molar-refractivity contribution < 1.29 is 9.53 Å². The van der Waals surface area contributed by atoms with Gasteiger partial charge in [0.2, 0.25) is 0 Å². The number of methoxy groups -OCH3 is 1. The van der Waals surface area contributed by atoms with Crippen LogP contribution in [-0.2, 0) is 16.1 Å². The summed E-state index contributed by atoms with van der Waals surface area (Å²) in [5, 5.41) is 4.76. The monoisotopic (exact) mass is 292 g/mol. The average Bonchev–Trinajstić information content (AvgIpc) is 2.46. The quantitative estimate of drug-likeness (QED) is 0.880. The van der Waals surface area contributed by atoms with Crippen molar-refractivity contribution in [3.05, 3.63) is 41.0 Å². The van der Waals surface area contributed by atoms with E-state index in [0.29, 0.717) is 11.6 Å². The van der Waals surface area contributed by atoms with E-state index in [1.165, 1.54) is 7.11 Å². The average molecular weight is 293 g/mol. The summed E-state index contributed by atoms with van der Waals surface area (Å²) in [5.74, 6) is -0.302. The maximum Gasteiger partial charge on any atom is 0.325 e. The number of carbonyl (C=O) groups excluding carboxylic acids is 1. The normalized spacial score (nSPS) is 11.6. The zero-order valence-electron chi connectivity index (χ0n) is 11.7. The van der Waals surface area contributed by atoms with Crippen molar-refractivity contribution in [2.24, 2.45) is 0 Å². The summed E-state index contributed by atoms with van der Waals surface area (Å²) < 4.78 is 4.77. The smallest absolute Gasteiger partial charge is 0.325 e. The SMILES string of the molecule is COC(=O)C(C)(C)NCc1ccc(Cl)c2cccnc12. The van der Waals surface area contributed by atoms with Crippen LogP contribution in [0, 0.1) is 0 Å². The van der Waals surface area contributed by atoms with Crippen LogP contribution in [0.2, 0.25) is 5.02 Å². The van der Waals surface area contributed by atoms with Crippen LogP contribution in [-0.4, -0.2) is 23.6 Å². The molecule has 0 fully saturated rings. The molecule has 0 radical (unpaired) electrons. The van der Waals surface area contributed by atoms with Gasteiger partial charge in [-0.2, -0.15) is 0 Å². The first kappa shape index (κ1) is 14.8. The molecule has 0 amide bonds. The van der Waals surface area contributed by atoms with Crippen LogP contribution in [0.4, 0.5) is 0 Å². The predicted octanol–water partition coefficient (Wildman–Crippen LogP) is 2.93. The molecule has 1 N–H and O–H groups in total. The van der Waals surface area contributed by atoms with Gasteiger partial charge in [0.05, 0.1) is 12.6 Å². The number of fused-ring (bicyclic) bond motifs is 1. The Bertz CT molecular complexity index is 641. The number of ether oxygens (including phenoxy) is 1. The van der Waals surface area contributed by atoms with Gasteiger partial charge in [-0.25, -0.2) is 0 Å². The molecule has 0 spiro atoms. The third-order valence-corrected chi connectivity index (χ3v) is 3.55. The van der Waals surface area contributed by atoms with Crippen molar-refractivity contribution in [1.82, 2.24) is 10.3 Å². The summed E-state index contributed by atoms with van der Waals surface area (Å²) in [6.07, 6.45) is 1.73. The summed E-state index contributed by atoms with van der Waals surface area (Å²) in [5.41, 5.74) is 1.07. The van der Waals surface area contributed by atoms with E-state index in [4.69, 9.17) is 16.3 Å². The summed E-state index contributed by atoms with van der Waals surface area (Å²) in [6.45, 7) is 4.07. The lowest BCUT2D eigenvalue weighted by Crippen LogP contribution is -2.47. The Balaban J connectivity index is 2.27. The van der Waals surface area contributed by atoms with Gasteiger partial charge in [-0.15, -0.1) is 0 Å². The summed E-state index contributed by atoms with van der Waals surface area (Å²) >= 11 is 6.16. The van der Waals surface area contributed by atoms with Crippen LogP contribution >= 0.6 is 11.6 Å². The van der Waals surface area contributed by atoms with Gasteiger partial charge in [0.1, 0.15) is 5.54 Å². The van der Waals surface area contributed by atoms with E-state index in [1.54, 1.807) is 20.0 Å². The Morgan fingerprint density at radius 1 is 1.40 bits per heavy atom. The van der Waals surface area contributed by atoms with Crippen LogP contribution in [0.25, 0.3) is 10.9 Å². The van der Waals surface area contributed by atoms with Gasteiger partial charge in [0.25, 0.3) is 0 Å². The molecule has 1 heterocycles. The first-order valence-electron chi connectivity index (χ1n) is 6.31. The minimum absolute atomic E-state index is 0.302. The van der Waals surface area contributed by atoms with E-state index in [-0.39, 0.29) is 5.97 Å². The highest BCUT2D eigenvalue weighted by Gasteiger charge is 2.27. The molecular formula is C15H17ClN2O2. The van der Waals surface area contributed by atoms with Crippen LogP contribution < -0.4 is 5.32 Å². The fraction of sp³-hybridized carbons (Fsp3) is 0.333. The van der Waals surface area contributed by atoms with Gasteiger partial charge in [0, 0.05) is 23.2 Å². The number of carbonyl (C=O) groups is 1. The first-order valence-corrected chi connectivity index (χ1v) is 6.69. The number of nitrogens with zero attached hydrogens (tertiary/aromatic N) is 1. The molecule has 2 aromatic rings. The molecule has 0 saturated heterocycles. The topological polar surface area (TPSA) is 51.2 Å². The third-order valence-electron chi connectivity index (χ3n) is 3.22. The Morgan fingerprint density at radius 3 is 2.85 bits per heavy atom. The highest BCUT2D eigenvalue weighted by Crippen LogP contribution is 2.25. The Hall–Kier alpha value is -1.65. The number of benzene rings is 1. The minimum atomic E-state index is -0.754. The highest BCUT2D eigenvalue weighted by molar-refractivity contribution is 6.35. The number of halogens is 1. The number of pyridine rings is 1. The maximum atomic E-state index is 11.7. The Morgan fingerprint density at radius 2 is 2.15 bits per heavy atom. The van der Waals surface area contributed by atoms with Crippen molar-refractivity contribution in [3.8, 4) is 0 Å². The molecular weight excluding hydrogens is 276 g/mol. The van der Waals surface area contributed by atoms with Gasteiger partial charge in [-0.3, -0.25) is 15.1 Å². The lowest BCUT2D eigenvalue weighted by atomic mass is 10.0. The Kier molecular flexibility index (Phi) is 4.26. The van der Waals surface area contributed by atoms with Crippen molar-refractivity contribution in [3.63, 3.8) is 0 Å². The highest BCUT2D eigenvalue weighted by atomic mass is 35.5. The van der Waals surface area contributed by atoms with Crippen LogP contribution in [0.5, 0.6) is 0 Å². The molecule has 2 rings (SSSR count). The largest absolute Gasteiger partial charge is 0.468 e. The lowest BCUT2D eigenvalue weighted by Gasteiger charge is -2.23. The molecule has 5 heteroatoms. The van der Waals surface area contributed by atoms with Gasteiger partial charge >= 0.3 is 5.97 Å². The maximum absolute atomic E-state index is 11.7. The van der Waals surface area contributed by atoms with E-state index in [2.05, 4.69) is 10.3 Å². The molecule has 0 atom stereocenters. The van der Waals surface area contributed by atoms with Crippen molar-refractivity contribution in [2.75, 3.05) is 7.11 Å². The molecule has 0 unspecified atom stereocenters. The Labute approximate surface area is 123 Å². The molecule has 0 aliphatic rings. The van der Waals surface area contributed by atoms with E-state index in [0.717, 1.165) is 16.5 Å². The number of hydrogen-bond donors (Lipinski definition) is 1. The van der Waals surface area contributed by atoms with E-state index in [9.17, 15) is 4.79 Å². The zero-order valence-corrected chi connectivity index (χ0v) is 12.5. The van der Waals surface area contributed by atoms with Gasteiger partial charge in [-0.1, -0.05) is 17.7 Å². The molecule has 1 aromatic heterocycles. The second-order valence-electron chi connectivity index (χ2n) is 5.08. The summed E-state index contributed by atoms with van der Waals surface area (Å²) in [4.78, 5) is 16.0. The summed E-state index contributed by atoms with van der Waals surface area (Å²) in [6, 6.07) is 7.54. The van der Waals surface area contributed by atoms with Crippen molar-refractivity contribution >= 4 is 28.5 Å². The van der Waals surface area contributed by atoms with E-state index < -0.39 is 5.54 Å². The van der Waals surface area contributed by atoms with Crippen molar-refractivity contribution in [2.45, 2.75) is 25.9 Å². The van der Waals surface area contributed by atoms with E-state index in [1.807, 2.05) is 24.3 Å². The van der Waals surface area contributed by atoms with Gasteiger partial charge < -0.3 is 4.74 Å². The standard InChI is InChI=1S/C15H17ClN2O2/c1-15(2,14(19)20-3)18-9-10-6-7-12(16)11-5-4-8-17-13(10)11/h4-8,18H,9H2,1-3H3. The minimum Gasteiger partial charge on any atom is -0.468 e. The fourth-order valence-corrected chi connectivity index (χ4v) is 2.20. The number of hydrogen-bond acceptors (Lipinski definition) is 4. The number of rotatable bonds is 4. The third kappa shape index (κ3) is 2.92. The molecule has 106 valence electrons. The second kappa shape index (κ2) is 5.77. The van der Waals surface area contributed by atoms with E-state index >= 15 is 0 Å². The second-order valence-corrected chi connectivity index (χ2v) is 5.48. The molecule has 4 nitrogen and oxygen atoms in total. The number of esters is 1. The molecule has 0 bridgehead atoms. The molecule has 1 aromatic carbocycles. The summed E-state index contributed by atoms with van der Waals surface area (Å²) in [7, 11) is 1.38. The molecule has 20 heavy (non-hydrogen) atoms. The van der Waals surface area contributed by atoms with Crippen molar-refractivity contribution in [1.29, 1.82) is 0 Å². The van der Waals surface area contributed by atoms with Crippen LogP contribution in [0.15, 0.2) is 30.5 Å². The number of aromatic nitrogens is 1. The van der Waals surface area contributed by atoms with Gasteiger partial charge in [0.15, 0.2) is 0 Å². The van der Waals surface area contributed by atoms with Gasteiger partial charge in [-0.05, 0) is 37.6 Å².